The number of amides is 1. The van der Waals surface area contributed by atoms with Crippen LogP contribution in [0, 0.1) is 5.82 Å². The van der Waals surface area contributed by atoms with Crippen LogP contribution >= 0.6 is 11.6 Å². The average molecular weight is 371 g/mol. The Bertz CT molecular complexity index is 808. The lowest BCUT2D eigenvalue weighted by Crippen LogP contribution is -2.30. The third-order valence-corrected chi connectivity index (χ3v) is 4.11. The molecule has 0 radical (unpaired) electrons. The van der Waals surface area contributed by atoms with Crippen LogP contribution in [0.15, 0.2) is 48.5 Å². The van der Waals surface area contributed by atoms with Crippen molar-refractivity contribution in [1.82, 2.24) is 4.72 Å². The first-order valence-corrected chi connectivity index (χ1v) is 9.28. The minimum absolute atomic E-state index is 0.138. The predicted molar refractivity (Wildman–Crippen MR) is 91.8 cm³/mol. The van der Waals surface area contributed by atoms with Gasteiger partial charge in [-0.25, -0.2) is 17.5 Å². The van der Waals surface area contributed by atoms with Crippen LogP contribution in [0.25, 0.3) is 0 Å². The highest BCUT2D eigenvalue weighted by molar-refractivity contribution is 7.88. The van der Waals surface area contributed by atoms with E-state index in [4.69, 9.17) is 11.6 Å². The van der Waals surface area contributed by atoms with Crippen molar-refractivity contribution >= 4 is 33.2 Å². The normalized spacial score (nSPS) is 12.6. The van der Waals surface area contributed by atoms with E-state index in [1.807, 2.05) is 0 Å². The zero-order valence-corrected chi connectivity index (χ0v) is 14.4. The van der Waals surface area contributed by atoms with E-state index in [9.17, 15) is 17.6 Å². The van der Waals surface area contributed by atoms with E-state index in [-0.39, 0.29) is 12.3 Å². The Morgan fingerprint density at radius 2 is 1.71 bits per heavy atom. The van der Waals surface area contributed by atoms with Gasteiger partial charge in [-0.15, -0.1) is 0 Å². The van der Waals surface area contributed by atoms with E-state index >= 15 is 0 Å². The van der Waals surface area contributed by atoms with Gasteiger partial charge in [-0.1, -0.05) is 23.7 Å². The zero-order valence-electron chi connectivity index (χ0n) is 12.8. The fourth-order valence-corrected chi connectivity index (χ4v) is 2.97. The Balaban J connectivity index is 2.13. The summed E-state index contributed by atoms with van der Waals surface area (Å²) in [4.78, 5) is 12.2. The van der Waals surface area contributed by atoms with Crippen LogP contribution in [0.5, 0.6) is 0 Å². The maximum atomic E-state index is 13.0. The van der Waals surface area contributed by atoms with E-state index in [1.165, 1.54) is 24.3 Å². The Morgan fingerprint density at radius 1 is 1.12 bits per heavy atom. The molecule has 2 N–H and O–H groups in total. The van der Waals surface area contributed by atoms with Crippen molar-refractivity contribution in [2.75, 3.05) is 11.6 Å². The highest BCUT2D eigenvalue weighted by Gasteiger charge is 2.20. The van der Waals surface area contributed by atoms with Crippen LogP contribution in [0.3, 0.4) is 0 Å². The Morgan fingerprint density at radius 3 is 2.25 bits per heavy atom. The Labute approximate surface area is 144 Å². The van der Waals surface area contributed by atoms with Crippen molar-refractivity contribution in [3.8, 4) is 0 Å². The number of rotatable bonds is 6. The summed E-state index contributed by atoms with van der Waals surface area (Å²) in [6.45, 7) is 0. The standard InChI is InChI=1S/C16H16ClFN2O3S/c1-24(22,23)20-15(11-2-6-13(18)7-3-11)10-16(21)19-14-8-4-12(17)5-9-14/h2-9,15,20H,10H2,1H3,(H,19,21)/t15-/m0/s1. The number of sulfonamides is 1. The van der Waals surface area contributed by atoms with Crippen LogP contribution in [0.4, 0.5) is 10.1 Å². The molecule has 0 aliphatic heterocycles. The predicted octanol–water partition coefficient (Wildman–Crippen LogP) is 3.10. The molecule has 1 amide bonds. The van der Waals surface area contributed by atoms with Gasteiger partial charge in [-0.2, -0.15) is 0 Å². The Hall–Kier alpha value is -1.96. The second kappa shape index (κ2) is 7.74. The third kappa shape index (κ3) is 5.92. The molecule has 128 valence electrons. The molecule has 5 nitrogen and oxygen atoms in total. The summed E-state index contributed by atoms with van der Waals surface area (Å²) < 4.78 is 38.5. The number of carbonyl (C=O) groups excluding carboxylic acids is 1. The van der Waals surface area contributed by atoms with Crippen molar-refractivity contribution in [2.45, 2.75) is 12.5 Å². The summed E-state index contributed by atoms with van der Waals surface area (Å²) >= 11 is 5.78. The largest absolute Gasteiger partial charge is 0.326 e. The second-order valence-corrected chi connectivity index (χ2v) is 7.47. The molecular formula is C16H16ClFN2O3S. The number of hydrogen-bond acceptors (Lipinski definition) is 3. The molecule has 8 heteroatoms. The SMILES string of the molecule is CS(=O)(=O)N[C@@H](CC(=O)Nc1ccc(Cl)cc1)c1ccc(F)cc1. The fourth-order valence-electron chi connectivity index (χ4n) is 2.11. The second-order valence-electron chi connectivity index (χ2n) is 5.25. The summed E-state index contributed by atoms with van der Waals surface area (Å²) in [7, 11) is -3.55. The van der Waals surface area contributed by atoms with Crippen LogP contribution in [-0.4, -0.2) is 20.6 Å². The van der Waals surface area contributed by atoms with Gasteiger partial charge < -0.3 is 5.32 Å². The summed E-state index contributed by atoms with van der Waals surface area (Å²) in [6, 6.07) is 11.0. The van der Waals surface area contributed by atoms with Gasteiger partial charge in [-0.3, -0.25) is 4.79 Å². The van der Waals surface area contributed by atoms with E-state index in [0.29, 0.717) is 16.3 Å². The van der Waals surface area contributed by atoms with Crippen LogP contribution in [0.1, 0.15) is 18.0 Å². The molecule has 0 aliphatic rings. The molecule has 1 atom stereocenters. The van der Waals surface area contributed by atoms with Crippen molar-refractivity contribution in [3.63, 3.8) is 0 Å². The molecule has 0 spiro atoms. The summed E-state index contributed by atoms with van der Waals surface area (Å²) in [5.41, 5.74) is 1.04. The first-order chi connectivity index (χ1) is 11.2. The molecule has 2 aromatic carbocycles. The molecule has 0 saturated carbocycles. The van der Waals surface area contributed by atoms with Gasteiger partial charge in [0.15, 0.2) is 0 Å². The fraction of sp³-hybridized carbons (Fsp3) is 0.188. The molecule has 0 fully saturated rings. The van der Waals surface area contributed by atoms with E-state index in [0.717, 1.165) is 6.26 Å². The van der Waals surface area contributed by atoms with Crippen molar-refractivity contribution < 1.29 is 17.6 Å². The maximum absolute atomic E-state index is 13.0. The van der Waals surface area contributed by atoms with Gasteiger partial charge in [-0.05, 0) is 42.0 Å². The van der Waals surface area contributed by atoms with Crippen molar-refractivity contribution in [1.29, 1.82) is 0 Å². The van der Waals surface area contributed by atoms with E-state index in [2.05, 4.69) is 10.0 Å². The molecule has 0 aromatic heterocycles. The number of nitrogens with one attached hydrogen (secondary N) is 2. The van der Waals surface area contributed by atoms with Gasteiger partial charge in [0.05, 0.1) is 12.3 Å². The first-order valence-electron chi connectivity index (χ1n) is 7.01. The highest BCUT2D eigenvalue weighted by Crippen LogP contribution is 2.20. The van der Waals surface area contributed by atoms with Gasteiger partial charge >= 0.3 is 0 Å². The quantitative estimate of drug-likeness (QED) is 0.820. The molecule has 0 heterocycles. The zero-order chi connectivity index (χ0) is 17.7. The molecule has 2 rings (SSSR count). The van der Waals surface area contributed by atoms with Crippen molar-refractivity contribution in [2.24, 2.45) is 0 Å². The van der Waals surface area contributed by atoms with Gasteiger partial charge in [0.25, 0.3) is 0 Å². The molecule has 0 bridgehead atoms. The average Bonchev–Trinajstić information content (AvgIpc) is 2.48. The minimum atomic E-state index is -3.55. The van der Waals surface area contributed by atoms with Gasteiger partial charge in [0, 0.05) is 17.1 Å². The Kier molecular flexibility index (Phi) is 5.93. The first kappa shape index (κ1) is 18.4. The number of carbonyl (C=O) groups is 1. The molecule has 0 unspecified atom stereocenters. The molecule has 2 aromatic rings. The monoisotopic (exact) mass is 370 g/mol. The van der Waals surface area contributed by atoms with Gasteiger partial charge in [0.2, 0.25) is 15.9 Å². The van der Waals surface area contributed by atoms with Crippen LogP contribution < -0.4 is 10.0 Å². The van der Waals surface area contributed by atoms with Crippen LogP contribution in [-0.2, 0) is 14.8 Å². The lowest BCUT2D eigenvalue weighted by molar-refractivity contribution is -0.116. The van der Waals surface area contributed by atoms with E-state index < -0.39 is 21.9 Å². The lowest BCUT2D eigenvalue weighted by Gasteiger charge is -2.18. The molecule has 24 heavy (non-hydrogen) atoms. The highest BCUT2D eigenvalue weighted by atomic mass is 35.5. The van der Waals surface area contributed by atoms with Crippen LogP contribution in [0.2, 0.25) is 5.02 Å². The summed E-state index contributed by atoms with van der Waals surface area (Å²) in [6.07, 6.45) is 0.863. The minimum Gasteiger partial charge on any atom is -0.326 e. The molecule has 0 aliphatic carbocycles. The molecule has 0 saturated heterocycles. The number of anilines is 1. The number of benzene rings is 2. The molecular weight excluding hydrogens is 355 g/mol. The smallest absolute Gasteiger partial charge is 0.226 e. The van der Waals surface area contributed by atoms with E-state index in [1.54, 1.807) is 24.3 Å². The summed E-state index contributed by atoms with van der Waals surface area (Å²) in [5.74, 6) is -0.828. The van der Waals surface area contributed by atoms with Gasteiger partial charge in [0.1, 0.15) is 5.82 Å². The number of hydrogen-bond donors (Lipinski definition) is 2. The number of halogens is 2. The topological polar surface area (TPSA) is 75.3 Å². The maximum Gasteiger partial charge on any atom is 0.226 e. The van der Waals surface area contributed by atoms with Crippen molar-refractivity contribution in [3.05, 3.63) is 64.9 Å². The summed E-state index contributed by atoms with van der Waals surface area (Å²) in [5, 5.41) is 3.20. The lowest BCUT2D eigenvalue weighted by atomic mass is 10.0. The third-order valence-electron chi connectivity index (χ3n) is 3.15.